The maximum absolute atomic E-state index is 8.16. The molecule has 0 aromatic heterocycles. The molecule has 2 heteroatoms. The van der Waals surface area contributed by atoms with Gasteiger partial charge in [-0.1, -0.05) is 6.58 Å². The molecule has 0 aliphatic carbocycles. The van der Waals surface area contributed by atoms with Gasteiger partial charge in [0.1, 0.15) is 11.8 Å². The van der Waals surface area contributed by atoms with Gasteiger partial charge in [-0.15, -0.1) is 0 Å². The third kappa shape index (κ3) is 3.10. The number of hydrogen-bond donors (Lipinski definition) is 0. The minimum atomic E-state index is 0.456. The Balaban J connectivity index is 4.01. The van der Waals surface area contributed by atoms with Crippen LogP contribution in [-0.4, -0.2) is 5.71 Å². The Morgan fingerprint density at radius 3 is 2.25 bits per heavy atom. The van der Waals surface area contributed by atoms with Crippen molar-refractivity contribution in [1.82, 2.24) is 0 Å². The highest BCUT2D eigenvalue weighted by Gasteiger charge is 1.81. The molecule has 2 nitrogen and oxygen atoms in total. The van der Waals surface area contributed by atoms with Crippen LogP contribution in [0.3, 0.4) is 0 Å². The second-order valence-corrected chi connectivity index (χ2v) is 1.54. The fraction of sp³-hybridized carbons (Fsp3) is 0.333. The van der Waals surface area contributed by atoms with Crippen LogP contribution < -0.4 is 0 Å². The standard InChI is InChI=1S/C6H8N2/c1-5(2)8-6(3)4-7/h1H2,2-3H3. The van der Waals surface area contributed by atoms with Crippen molar-refractivity contribution in [2.24, 2.45) is 4.99 Å². The molecule has 0 aromatic carbocycles. The van der Waals surface area contributed by atoms with Gasteiger partial charge in [-0.05, 0) is 13.8 Å². The molecule has 0 aromatic rings. The van der Waals surface area contributed by atoms with Gasteiger partial charge in [-0.2, -0.15) is 5.26 Å². The first-order valence-corrected chi connectivity index (χ1v) is 2.27. The molecule has 0 saturated heterocycles. The number of rotatable bonds is 1. The first-order valence-electron chi connectivity index (χ1n) is 2.27. The molecule has 0 aliphatic rings. The van der Waals surface area contributed by atoms with Crippen molar-refractivity contribution in [1.29, 1.82) is 5.26 Å². The number of allylic oxidation sites excluding steroid dienone is 1. The third-order valence-electron chi connectivity index (χ3n) is 0.520. The van der Waals surface area contributed by atoms with Gasteiger partial charge in [-0.3, -0.25) is 0 Å². The Bertz CT molecular complexity index is 160. The third-order valence-corrected chi connectivity index (χ3v) is 0.520. The molecular formula is C6H8N2. The van der Waals surface area contributed by atoms with Gasteiger partial charge in [0.25, 0.3) is 0 Å². The van der Waals surface area contributed by atoms with Gasteiger partial charge in [0.15, 0.2) is 0 Å². The van der Waals surface area contributed by atoms with Crippen molar-refractivity contribution in [3.63, 3.8) is 0 Å². The maximum Gasteiger partial charge on any atom is 0.115 e. The van der Waals surface area contributed by atoms with Gasteiger partial charge >= 0.3 is 0 Å². The summed E-state index contributed by atoms with van der Waals surface area (Å²) < 4.78 is 0. The van der Waals surface area contributed by atoms with Crippen LogP contribution in [0, 0.1) is 11.3 Å². The average molecular weight is 108 g/mol. The Kier molecular flexibility index (Phi) is 2.57. The number of hydrogen-bond acceptors (Lipinski definition) is 2. The van der Waals surface area contributed by atoms with E-state index in [9.17, 15) is 0 Å². The highest BCUT2D eigenvalue weighted by Crippen LogP contribution is 1.88. The molecule has 0 amide bonds. The molecule has 8 heavy (non-hydrogen) atoms. The lowest BCUT2D eigenvalue weighted by Crippen LogP contribution is -1.82. The highest BCUT2D eigenvalue weighted by molar-refractivity contribution is 5.96. The molecular weight excluding hydrogens is 100 g/mol. The first kappa shape index (κ1) is 6.90. The zero-order valence-corrected chi connectivity index (χ0v) is 5.10. The van der Waals surface area contributed by atoms with Crippen LogP contribution >= 0.6 is 0 Å². The summed E-state index contributed by atoms with van der Waals surface area (Å²) >= 11 is 0. The molecule has 42 valence electrons. The topological polar surface area (TPSA) is 36.1 Å². The minimum Gasteiger partial charge on any atom is -0.248 e. The molecule has 0 fully saturated rings. The number of nitriles is 1. The zero-order valence-electron chi connectivity index (χ0n) is 5.10. The van der Waals surface area contributed by atoms with E-state index in [4.69, 9.17) is 5.26 Å². The first-order chi connectivity index (χ1) is 3.66. The highest BCUT2D eigenvalue weighted by atomic mass is 14.7. The van der Waals surface area contributed by atoms with E-state index >= 15 is 0 Å². The second kappa shape index (κ2) is 2.98. The van der Waals surface area contributed by atoms with E-state index in [2.05, 4.69) is 11.6 Å². The second-order valence-electron chi connectivity index (χ2n) is 1.54. The minimum absolute atomic E-state index is 0.456. The predicted octanol–water partition coefficient (Wildman–Crippen LogP) is 1.50. The molecule has 0 aliphatic heterocycles. The molecule has 0 heterocycles. The van der Waals surface area contributed by atoms with Crippen LogP contribution in [0.1, 0.15) is 13.8 Å². The van der Waals surface area contributed by atoms with Crippen molar-refractivity contribution in [2.75, 3.05) is 0 Å². The van der Waals surface area contributed by atoms with Gasteiger partial charge in [0.2, 0.25) is 0 Å². The summed E-state index contributed by atoms with van der Waals surface area (Å²) in [5.74, 6) is 0. The van der Waals surface area contributed by atoms with Gasteiger partial charge in [0.05, 0.1) is 0 Å². The average Bonchev–Trinajstić information content (AvgIpc) is 1.65. The van der Waals surface area contributed by atoms with E-state index in [1.807, 2.05) is 6.07 Å². The van der Waals surface area contributed by atoms with E-state index in [-0.39, 0.29) is 0 Å². The molecule has 0 rings (SSSR count). The smallest absolute Gasteiger partial charge is 0.115 e. The molecule has 0 spiro atoms. The van der Waals surface area contributed by atoms with Crippen LogP contribution in [-0.2, 0) is 0 Å². The molecule has 0 unspecified atom stereocenters. The summed E-state index contributed by atoms with van der Waals surface area (Å²) in [7, 11) is 0. The molecule has 0 radical (unpaired) electrons. The normalized spacial score (nSPS) is 10.4. The summed E-state index contributed by atoms with van der Waals surface area (Å²) in [5, 5.41) is 8.16. The van der Waals surface area contributed by atoms with Crippen molar-refractivity contribution < 1.29 is 0 Å². The quantitative estimate of drug-likeness (QED) is 0.469. The van der Waals surface area contributed by atoms with E-state index in [0.717, 1.165) is 0 Å². The lowest BCUT2D eigenvalue weighted by atomic mass is 10.4. The van der Waals surface area contributed by atoms with Crippen molar-refractivity contribution in [2.45, 2.75) is 13.8 Å². The summed E-state index contributed by atoms with van der Waals surface area (Å²) in [4.78, 5) is 3.76. The van der Waals surface area contributed by atoms with Gasteiger partial charge < -0.3 is 0 Å². The number of aliphatic imine (C=N–C) groups is 1. The van der Waals surface area contributed by atoms with E-state index in [1.165, 1.54) is 0 Å². The monoisotopic (exact) mass is 108 g/mol. The van der Waals surface area contributed by atoms with E-state index < -0.39 is 0 Å². The molecule has 0 N–H and O–H groups in total. The van der Waals surface area contributed by atoms with Crippen LogP contribution in [0.4, 0.5) is 0 Å². The maximum atomic E-state index is 8.16. The summed E-state index contributed by atoms with van der Waals surface area (Å²) in [5.41, 5.74) is 1.13. The SMILES string of the molecule is C=C(C)N=C(C)C#N. The van der Waals surface area contributed by atoms with Crippen LogP contribution in [0.5, 0.6) is 0 Å². The summed E-state index contributed by atoms with van der Waals surface area (Å²) in [6.45, 7) is 6.90. The Morgan fingerprint density at radius 2 is 2.12 bits per heavy atom. The van der Waals surface area contributed by atoms with Crippen molar-refractivity contribution in [3.05, 3.63) is 12.3 Å². The Hall–Kier alpha value is -1.10. The molecule has 0 bridgehead atoms. The fourth-order valence-electron chi connectivity index (χ4n) is 0.311. The molecule has 0 atom stereocenters. The molecule has 0 saturated carbocycles. The van der Waals surface area contributed by atoms with E-state index in [0.29, 0.717) is 11.4 Å². The van der Waals surface area contributed by atoms with Gasteiger partial charge in [-0.25, -0.2) is 4.99 Å². The lowest BCUT2D eigenvalue weighted by Gasteiger charge is -1.83. The van der Waals surface area contributed by atoms with Gasteiger partial charge in [0, 0.05) is 5.70 Å². The Labute approximate surface area is 49.2 Å². The Morgan fingerprint density at radius 1 is 1.62 bits per heavy atom. The van der Waals surface area contributed by atoms with Crippen LogP contribution in [0.25, 0.3) is 0 Å². The fourth-order valence-corrected chi connectivity index (χ4v) is 0.311. The lowest BCUT2D eigenvalue weighted by molar-refractivity contribution is 1.32. The largest absolute Gasteiger partial charge is 0.248 e. The zero-order chi connectivity index (χ0) is 6.57. The number of nitrogens with zero attached hydrogens (tertiary/aromatic N) is 2. The van der Waals surface area contributed by atoms with Crippen LogP contribution in [0.2, 0.25) is 0 Å². The van der Waals surface area contributed by atoms with E-state index in [1.54, 1.807) is 13.8 Å². The van der Waals surface area contributed by atoms with Crippen molar-refractivity contribution in [3.8, 4) is 6.07 Å². The van der Waals surface area contributed by atoms with Crippen molar-refractivity contribution >= 4 is 5.71 Å². The predicted molar refractivity (Wildman–Crippen MR) is 33.5 cm³/mol. The summed E-state index contributed by atoms with van der Waals surface area (Å²) in [6.07, 6.45) is 0. The van der Waals surface area contributed by atoms with Crippen LogP contribution in [0.15, 0.2) is 17.3 Å². The summed E-state index contributed by atoms with van der Waals surface area (Å²) in [6, 6.07) is 1.89.